The van der Waals surface area contributed by atoms with Crippen LogP contribution in [-0.2, 0) is 6.54 Å². The maximum atomic E-state index is 13.4. The van der Waals surface area contributed by atoms with E-state index in [0.717, 1.165) is 6.54 Å². The van der Waals surface area contributed by atoms with E-state index in [4.69, 9.17) is 0 Å². The van der Waals surface area contributed by atoms with Gasteiger partial charge in [0, 0.05) is 18.7 Å². The molecule has 0 spiro atoms. The second-order valence-corrected chi connectivity index (χ2v) is 4.09. The van der Waals surface area contributed by atoms with E-state index in [9.17, 15) is 9.18 Å². The highest BCUT2D eigenvalue weighted by Gasteiger charge is 2.09. The highest BCUT2D eigenvalue weighted by Crippen LogP contribution is 2.06. The molecule has 0 unspecified atom stereocenters. The summed E-state index contributed by atoms with van der Waals surface area (Å²) in [6, 6.07) is 6.29. The van der Waals surface area contributed by atoms with Crippen molar-refractivity contribution >= 4 is 11.7 Å². The third kappa shape index (κ3) is 3.50. The molecule has 2 rings (SSSR count). The first-order valence-electron chi connectivity index (χ1n) is 6.28. The molecule has 0 aliphatic heterocycles. The summed E-state index contributed by atoms with van der Waals surface area (Å²) < 4.78 is 13.4. The van der Waals surface area contributed by atoms with E-state index >= 15 is 0 Å². The van der Waals surface area contributed by atoms with Crippen LogP contribution in [0.25, 0.3) is 0 Å². The summed E-state index contributed by atoms with van der Waals surface area (Å²) in [6.45, 7) is 2.78. The standard InChI is InChI=1S/C14H15FN4O/c1-2-16-13-9-17-12(8-18-13)14(20)19-7-10-5-3-4-6-11(10)15/h3-6,8-9H,2,7H2,1H3,(H,16,18)(H,19,20). The molecule has 2 N–H and O–H groups in total. The van der Waals surface area contributed by atoms with Gasteiger partial charge in [0.25, 0.3) is 5.91 Å². The summed E-state index contributed by atoms with van der Waals surface area (Å²) in [6.07, 6.45) is 2.87. The number of benzene rings is 1. The van der Waals surface area contributed by atoms with Gasteiger partial charge in [-0.2, -0.15) is 0 Å². The topological polar surface area (TPSA) is 66.9 Å². The van der Waals surface area contributed by atoms with Crippen molar-refractivity contribution in [2.45, 2.75) is 13.5 Å². The molecule has 1 aromatic carbocycles. The van der Waals surface area contributed by atoms with Gasteiger partial charge in [0.1, 0.15) is 17.3 Å². The van der Waals surface area contributed by atoms with E-state index in [0.29, 0.717) is 11.4 Å². The predicted molar refractivity (Wildman–Crippen MR) is 73.8 cm³/mol. The van der Waals surface area contributed by atoms with Gasteiger partial charge in [0.15, 0.2) is 0 Å². The Morgan fingerprint density at radius 1 is 1.25 bits per heavy atom. The van der Waals surface area contributed by atoms with Crippen LogP contribution in [0, 0.1) is 5.82 Å². The van der Waals surface area contributed by atoms with Crippen LogP contribution in [0.2, 0.25) is 0 Å². The van der Waals surface area contributed by atoms with Crippen LogP contribution in [0.4, 0.5) is 10.2 Å². The number of rotatable bonds is 5. The number of amides is 1. The maximum absolute atomic E-state index is 13.4. The molecule has 1 heterocycles. The predicted octanol–water partition coefficient (Wildman–Crippen LogP) is 1.98. The summed E-state index contributed by atoms with van der Waals surface area (Å²) in [4.78, 5) is 19.9. The Morgan fingerprint density at radius 2 is 2.05 bits per heavy atom. The molecule has 20 heavy (non-hydrogen) atoms. The van der Waals surface area contributed by atoms with Gasteiger partial charge in [0.05, 0.1) is 12.4 Å². The molecule has 104 valence electrons. The fraction of sp³-hybridized carbons (Fsp3) is 0.214. The average Bonchev–Trinajstić information content (AvgIpc) is 2.47. The molecule has 0 radical (unpaired) electrons. The van der Waals surface area contributed by atoms with Crippen LogP contribution >= 0.6 is 0 Å². The van der Waals surface area contributed by atoms with Crippen molar-refractivity contribution in [1.29, 1.82) is 0 Å². The van der Waals surface area contributed by atoms with Gasteiger partial charge >= 0.3 is 0 Å². The fourth-order valence-corrected chi connectivity index (χ4v) is 1.63. The maximum Gasteiger partial charge on any atom is 0.271 e. The van der Waals surface area contributed by atoms with Crippen molar-refractivity contribution in [2.75, 3.05) is 11.9 Å². The number of nitrogens with one attached hydrogen (secondary N) is 2. The van der Waals surface area contributed by atoms with Gasteiger partial charge in [-0.15, -0.1) is 0 Å². The minimum absolute atomic E-state index is 0.113. The van der Waals surface area contributed by atoms with Crippen molar-refractivity contribution in [3.05, 3.63) is 53.7 Å². The van der Waals surface area contributed by atoms with E-state index in [-0.39, 0.29) is 24.0 Å². The van der Waals surface area contributed by atoms with E-state index in [1.54, 1.807) is 18.2 Å². The Balaban J connectivity index is 1.96. The van der Waals surface area contributed by atoms with Crippen molar-refractivity contribution in [1.82, 2.24) is 15.3 Å². The number of anilines is 1. The van der Waals surface area contributed by atoms with Gasteiger partial charge in [-0.25, -0.2) is 14.4 Å². The van der Waals surface area contributed by atoms with Crippen LogP contribution in [0.1, 0.15) is 23.0 Å². The van der Waals surface area contributed by atoms with Gasteiger partial charge in [-0.05, 0) is 13.0 Å². The number of hydrogen-bond acceptors (Lipinski definition) is 4. The highest BCUT2D eigenvalue weighted by molar-refractivity contribution is 5.91. The Hall–Kier alpha value is -2.50. The summed E-state index contributed by atoms with van der Waals surface area (Å²) in [7, 11) is 0. The van der Waals surface area contributed by atoms with Gasteiger partial charge < -0.3 is 10.6 Å². The molecule has 0 aliphatic carbocycles. The number of halogens is 1. The monoisotopic (exact) mass is 274 g/mol. The third-order valence-electron chi connectivity index (χ3n) is 2.64. The van der Waals surface area contributed by atoms with Crippen molar-refractivity contribution in [3.8, 4) is 0 Å². The smallest absolute Gasteiger partial charge is 0.271 e. The highest BCUT2D eigenvalue weighted by atomic mass is 19.1. The molecule has 6 heteroatoms. The molecule has 0 saturated carbocycles. The average molecular weight is 274 g/mol. The Labute approximate surface area is 116 Å². The van der Waals surface area contributed by atoms with Crippen LogP contribution in [0.15, 0.2) is 36.7 Å². The number of aromatic nitrogens is 2. The fourth-order valence-electron chi connectivity index (χ4n) is 1.63. The number of nitrogens with zero attached hydrogens (tertiary/aromatic N) is 2. The van der Waals surface area contributed by atoms with Crippen molar-refractivity contribution in [3.63, 3.8) is 0 Å². The summed E-state index contributed by atoms with van der Waals surface area (Å²) in [5.74, 6) is -0.122. The Morgan fingerprint density at radius 3 is 2.70 bits per heavy atom. The second kappa shape index (κ2) is 6.60. The van der Waals surface area contributed by atoms with Gasteiger partial charge in [-0.1, -0.05) is 18.2 Å². The zero-order valence-corrected chi connectivity index (χ0v) is 11.1. The summed E-state index contributed by atoms with van der Waals surface area (Å²) in [5.41, 5.74) is 0.626. The van der Waals surface area contributed by atoms with Gasteiger partial charge in [-0.3, -0.25) is 4.79 Å². The Kier molecular flexibility index (Phi) is 4.60. The molecule has 0 bridgehead atoms. The van der Waals surface area contributed by atoms with Crippen LogP contribution in [-0.4, -0.2) is 22.4 Å². The molecule has 0 aliphatic rings. The first kappa shape index (κ1) is 13.9. The second-order valence-electron chi connectivity index (χ2n) is 4.09. The minimum atomic E-state index is -0.385. The van der Waals surface area contributed by atoms with Crippen LogP contribution in [0.5, 0.6) is 0 Å². The molecule has 1 aromatic heterocycles. The van der Waals surface area contributed by atoms with E-state index in [1.165, 1.54) is 18.5 Å². The molecule has 5 nitrogen and oxygen atoms in total. The lowest BCUT2D eigenvalue weighted by Gasteiger charge is -2.06. The van der Waals surface area contributed by atoms with E-state index < -0.39 is 0 Å². The van der Waals surface area contributed by atoms with E-state index in [1.807, 2.05) is 6.92 Å². The number of carbonyl (C=O) groups is 1. The molecular formula is C14H15FN4O. The zero-order chi connectivity index (χ0) is 14.4. The summed E-state index contributed by atoms with van der Waals surface area (Å²) in [5, 5.41) is 5.59. The first-order valence-corrected chi connectivity index (χ1v) is 6.28. The van der Waals surface area contributed by atoms with Crippen molar-refractivity contribution < 1.29 is 9.18 Å². The molecule has 0 fully saturated rings. The lowest BCUT2D eigenvalue weighted by Crippen LogP contribution is -2.24. The first-order chi connectivity index (χ1) is 9.70. The number of hydrogen-bond donors (Lipinski definition) is 2. The summed E-state index contributed by atoms with van der Waals surface area (Å²) >= 11 is 0. The number of carbonyl (C=O) groups excluding carboxylic acids is 1. The Bertz CT molecular complexity index is 586. The molecule has 0 saturated heterocycles. The van der Waals surface area contributed by atoms with E-state index in [2.05, 4.69) is 20.6 Å². The van der Waals surface area contributed by atoms with Crippen LogP contribution < -0.4 is 10.6 Å². The lowest BCUT2D eigenvalue weighted by molar-refractivity contribution is 0.0945. The normalized spacial score (nSPS) is 10.1. The molecule has 0 atom stereocenters. The molecule has 2 aromatic rings. The van der Waals surface area contributed by atoms with Crippen molar-refractivity contribution in [2.24, 2.45) is 0 Å². The third-order valence-corrected chi connectivity index (χ3v) is 2.64. The largest absolute Gasteiger partial charge is 0.369 e. The zero-order valence-electron chi connectivity index (χ0n) is 11.1. The molecule has 1 amide bonds. The lowest BCUT2D eigenvalue weighted by atomic mass is 10.2. The minimum Gasteiger partial charge on any atom is -0.369 e. The molecular weight excluding hydrogens is 259 g/mol. The van der Waals surface area contributed by atoms with Gasteiger partial charge in [0.2, 0.25) is 0 Å². The SMILES string of the molecule is CCNc1cnc(C(=O)NCc2ccccc2F)cn1. The quantitative estimate of drug-likeness (QED) is 0.875. The van der Waals surface area contributed by atoms with Crippen LogP contribution in [0.3, 0.4) is 0 Å².